The van der Waals surface area contributed by atoms with Crippen molar-refractivity contribution < 1.29 is 9.59 Å². The van der Waals surface area contributed by atoms with Crippen LogP contribution in [0.15, 0.2) is 24.3 Å². The largest absolute Gasteiger partial charge is 0.341 e. The number of nitrogens with zero attached hydrogens (tertiary/aromatic N) is 2. The van der Waals surface area contributed by atoms with Gasteiger partial charge in [0.05, 0.1) is 0 Å². The van der Waals surface area contributed by atoms with Gasteiger partial charge in [-0.2, -0.15) is 0 Å². The van der Waals surface area contributed by atoms with Crippen molar-refractivity contribution in [2.24, 2.45) is 11.7 Å². The molecule has 0 radical (unpaired) electrons. The molecule has 1 fully saturated rings. The molecular formula is C17H26ClN3O2. The van der Waals surface area contributed by atoms with Crippen LogP contribution in [0.4, 0.5) is 0 Å². The summed E-state index contributed by atoms with van der Waals surface area (Å²) in [6.07, 6.45) is 0.867. The summed E-state index contributed by atoms with van der Waals surface area (Å²) in [5.41, 5.74) is 7.54. The topological polar surface area (TPSA) is 66.6 Å². The molecule has 2 rings (SSSR count). The Hall–Kier alpha value is -1.59. The highest BCUT2D eigenvalue weighted by atomic mass is 35.5. The molecule has 1 aliphatic rings. The summed E-state index contributed by atoms with van der Waals surface area (Å²) in [6.45, 7) is 5.70. The van der Waals surface area contributed by atoms with Gasteiger partial charge in [0, 0.05) is 44.2 Å². The van der Waals surface area contributed by atoms with Gasteiger partial charge in [0.25, 0.3) is 5.91 Å². The number of nitrogens with two attached hydrogens (primary N) is 1. The fourth-order valence-corrected chi connectivity index (χ4v) is 2.70. The maximum absolute atomic E-state index is 12.3. The molecule has 0 bridgehead atoms. The Kier molecular flexibility index (Phi) is 7.03. The number of carbonyl (C=O) groups is 2. The van der Waals surface area contributed by atoms with Crippen molar-refractivity contribution >= 4 is 24.2 Å². The summed E-state index contributed by atoms with van der Waals surface area (Å²) in [5, 5.41) is 0. The van der Waals surface area contributed by atoms with Crippen LogP contribution in [0.1, 0.15) is 36.2 Å². The van der Waals surface area contributed by atoms with E-state index in [1.165, 1.54) is 0 Å². The van der Waals surface area contributed by atoms with E-state index in [2.05, 4.69) is 0 Å². The Morgan fingerprint density at radius 2 is 1.91 bits per heavy atom. The van der Waals surface area contributed by atoms with E-state index in [4.69, 9.17) is 5.73 Å². The second-order valence-corrected chi connectivity index (χ2v) is 6.35. The minimum Gasteiger partial charge on any atom is -0.341 e. The molecular weight excluding hydrogens is 314 g/mol. The van der Waals surface area contributed by atoms with Gasteiger partial charge in [-0.15, -0.1) is 12.4 Å². The first-order valence-corrected chi connectivity index (χ1v) is 7.77. The molecule has 1 aromatic rings. The van der Waals surface area contributed by atoms with Gasteiger partial charge >= 0.3 is 0 Å². The number of likely N-dealkylation sites (tertiary alicyclic amines) is 1. The summed E-state index contributed by atoms with van der Waals surface area (Å²) in [5.74, 6) is 0.141. The first-order chi connectivity index (χ1) is 10.4. The quantitative estimate of drug-likeness (QED) is 0.911. The van der Waals surface area contributed by atoms with Crippen LogP contribution in [0.5, 0.6) is 0 Å². The second kappa shape index (κ2) is 8.31. The van der Waals surface area contributed by atoms with Gasteiger partial charge in [-0.25, -0.2) is 0 Å². The van der Waals surface area contributed by atoms with Crippen LogP contribution in [-0.2, 0) is 11.3 Å². The number of hydrogen-bond donors (Lipinski definition) is 1. The average molecular weight is 340 g/mol. The molecule has 2 N–H and O–H groups in total. The van der Waals surface area contributed by atoms with Gasteiger partial charge in [0.15, 0.2) is 0 Å². The average Bonchev–Trinajstić information content (AvgIpc) is 2.93. The zero-order valence-electron chi connectivity index (χ0n) is 14.0. The smallest absolute Gasteiger partial charge is 0.253 e. The normalized spacial score (nSPS) is 17.1. The molecule has 1 aliphatic heterocycles. The lowest BCUT2D eigenvalue weighted by Crippen LogP contribution is -2.32. The van der Waals surface area contributed by atoms with E-state index < -0.39 is 0 Å². The predicted molar refractivity (Wildman–Crippen MR) is 93.5 cm³/mol. The van der Waals surface area contributed by atoms with Crippen molar-refractivity contribution in [1.82, 2.24) is 9.80 Å². The number of amides is 2. The zero-order valence-corrected chi connectivity index (χ0v) is 14.8. The standard InChI is InChI=1S/C17H25N3O2.ClH/c1-12(2)16(21)19(3)10-13-4-6-14(7-5-13)17(22)20-9-8-15(18)11-20;/h4-7,12,15H,8-11,18H2,1-3H3;1H/t15-;/m1./s1. The summed E-state index contributed by atoms with van der Waals surface area (Å²) in [7, 11) is 1.80. The maximum atomic E-state index is 12.3. The van der Waals surface area contributed by atoms with E-state index in [0.29, 0.717) is 18.7 Å². The van der Waals surface area contributed by atoms with Crippen LogP contribution in [0.3, 0.4) is 0 Å². The van der Waals surface area contributed by atoms with Crippen LogP contribution in [0, 0.1) is 5.92 Å². The van der Waals surface area contributed by atoms with Crippen molar-refractivity contribution in [2.45, 2.75) is 32.9 Å². The molecule has 6 heteroatoms. The monoisotopic (exact) mass is 339 g/mol. The van der Waals surface area contributed by atoms with Crippen molar-refractivity contribution in [3.63, 3.8) is 0 Å². The molecule has 0 unspecified atom stereocenters. The number of rotatable bonds is 4. The summed E-state index contributed by atoms with van der Waals surface area (Å²) >= 11 is 0. The number of carbonyl (C=O) groups excluding carboxylic acids is 2. The molecule has 1 heterocycles. The summed E-state index contributed by atoms with van der Waals surface area (Å²) in [6, 6.07) is 7.57. The molecule has 1 atom stereocenters. The van der Waals surface area contributed by atoms with E-state index in [0.717, 1.165) is 18.5 Å². The highest BCUT2D eigenvalue weighted by Gasteiger charge is 2.24. The first kappa shape index (κ1) is 19.5. The van der Waals surface area contributed by atoms with E-state index >= 15 is 0 Å². The summed E-state index contributed by atoms with van der Waals surface area (Å²) in [4.78, 5) is 27.7. The van der Waals surface area contributed by atoms with Crippen molar-refractivity contribution in [2.75, 3.05) is 20.1 Å². The third-order valence-corrected chi connectivity index (χ3v) is 4.00. The van der Waals surface area contributed by atoms with E-state index in [9.17, 15) is 9.59 Å². The van der Waals surface area contributed by atoms with Crippen LogP contribution < -0.4 is 5.73 Å². The molecule has 128 valence electrons. The number of hydrogen-bond acceptors (Lipinski definition) is 3. The van der Waals surface area contributed by atoms with Crippen LogP contribution in [-0.4, -0.2) is 47.8 Å². The molecule has 0 aromatic heterocycles. The minimum atomic E-state index is -0.00905. The van der Waals surface area contributed by atoms with Gasteiger partial charge in [0.2, 0.25) is 5.91 Å². The molecule has 1 saturated heterocycles. The van der Waals surface area contributed by atoms with Crippen molar-refractivity contribution in [3.8, 4) is 0 Å². The van der Waals surface area contributed by atoms with Crippen molar-refractivity contribution in [3.05, 3.63) is 35.4 Å². The minimum absolute atomic E-state index is 0. The van der Waals surface area contributed by atoms with Gasteiger partial charge in [0.1, 0.15) is 0 Å². The van der Waals surface area contributed by atoms with Crippen LogP contribution in [0.2, 0.25) is 0 Å². The molecule has 0 spiro atoms. The fraction of sp³-hybridized carbons (Fsp3) is 0.529. The van der Waals surface area contributed by atoms with Crippen molar-refractivity contribution in [1.29, 1.82) is 0 Å². The SMILES string of the molecule is CC(C)C(=O)N(C)Cc1ccc(C(=O)N2CC[C@@H](N)C2)cc1.Cl. The Morgan fingerprint density at radius 1 is 1.30 bits per heavy atom. The molecule has 23 heavy (non-hydrogen) atoms. The highest BCUT2D eigenvalue weighted by molar-refractivity contribution is 5.94. The van der Waals surface area contributed by atoms with Gasteiger partial charge in [-0.05, 0) is 24.1 Å². The third kappa shape index (κ3) is 4.94. The van der Waals surface area contributed by atoms with Gasteiger partial charge < -0.3 is 15.5 Å². The highest BCUT2D eigenvalue weighted by Crippen LogP contribution is 2.14. The van der Waals surface area contributed by atoms with Crippen LogP contribution >= 0.6 is 12.4 Å². The van der Waals surface area contributed by atoms with Crippen LogP contribution in [0.25, 0.3) is 0 Å². The molecule has 0 aliphatic carbocycles. The zero-order chi connectivity index (χ0) is 16.3. The Balaban J connectivity index is 0.00000264. The third-order valence-electron chi connectivity index (χ3n) is 4.00. The molecule has 2 amide bonds. The first-order valence-electron chi connectivity index (χ1n) is 7.77. The van der Waals surface area contributed by atoms with Gasteiger partial charge in [-0.1, -0.05) is 26.0 Å². The number of benzene rings is 1. The summed E-state index contributed by atoms with van der Waals surface area (Å²) < 4.78 is 0. The molecule has 5 nitrogen and oxygen atoms in total. The van der Waals surface area contributed by atoms with E-state index in [1.54, 1.807) is 16.8 Å². The van der Waals surface area contributed by atoms with E-state index in [1.807, 2.05) is 38.1 Å². The predicted octanol–water partition coefficient (Wildman–Crippen LogP) is 1.90. The molecule has 1 aromatic carbocycles. The Morgan fingerprint density at radius 3 is 2.39 bits per heavy atom. The maximum Gasteiger partial charge on any atom is 0.253 e. The van der Waals surface area contributed by atoms with Gasteiger partial charge in [-0.3, -0.25) is 9.59 Å². The molecule has 0 saturated carbocycles. The Labute approximate surface area is 144 Å². The lowest BCUT2D eigenvalue weighted by molar-refractivity contribution is -0.133. The van der Waals surface area contributed by atoms with E-state index in [-0.39, 0.29) is 36.2 Å². The lowest BCUT2D eigenvalue weighted by Gasteiger charge is -2.20. The number of halogens is 1. The Bertz CT molecular complexity index is 545. The fourth-order valence-electron chi connectivity index (χ4n) is 2.70. The lowest BCUT2D eigenvalue weighted by atomic mass is 10.1. The second-order valence-electron chi connectivity index (χ2n) is 6.35.